The van der Waals surface area contributed by atoms with Crippen LogP contribution in [-0.4, -0.2) is 62.4 Å². The van der Waals surface area contributed by atoms with Crippen molar-refractivity contribution in [3.63, 3.8) is 0 Å². The van der Waals surface area contributed by atoms with Gasteiger partial charge in [0.15, 0.2) is 11.5 Å². The highest BCUT2D eigenvalue weighted by Crippen LogP contribution is 2.31. The predicted octanol–water partition coefficient (Wildman–Crippen LogP) is 3.28. The molecule has 8 heteroatoms. The number of rotatable bonds is 11. The average molecular weight is 402 g/mol. The third kappa shape index (κ3) is 6.20. The van der Waals surface area contributed by atoms with E-state index in [1.807, 2.05) is 31.3 Å². The van der Waals surface area contributed by atoms with E-state index in [1.54, 1.807) is 14.2 Å². The number of benzene rings is 1. The van der Waals surface area contributed by atoms with Gasteiger partial charge in [0.1, 0.15) is 5.82 Å². The highest BCUT2D eigenvalue weighted by Gasteiger charge is 2.12. The lowest BCUT2D eigenvalue weighted by Gasteiger charge is -2.16. The first-order chi connectivity index (χ1) is 14.2. The van der Waals surface area contributed by atoms with Gasteiger partial charge in [0, 0.05) is 38.5 Å². The molecule has 158 valence electrons. The minimum Gasteiger partial charge on any atom is -0.493 e. The molecule has 0 radical (unpaired) electrons. The molecule has 2 heterocycles. The van der Waals surface area contributed by atoms with Gasteiger partial charge in [-0.3, -0.25) is 0 Å². The van der Waals surface area contributed by atoms with Gasteiger partial charge in [-0.25, -0.2) is 4.98 Å². The first-order valence-electron chi connectivity index (χ1n) is 10.1. The normalized spacial score (nSPS) is 14.0. The lowest BCUT2D eigenvalue weighted by Crippen LogP contribution is -2.21. The number of likely N-dealkylation sites (tertiary alicyclic amines) is 1. The Kier molecular flexibility index (Phi) is 7.89. The van der Waals surface area contributed by atoms with Crippen LogP contribution in [0.1, 0.15) is 25.0 Å². The lowest BCUT2D eigenvalue weighted by atomic mass is 10.2. The van der Waals surface area contributed by atoms with Crippen molar-refractivity contribution in [3.05, 3.63) is 30.0 Å². The van der Waals surface area contributed by atoms with Crippen molar-refractivity contribution < 1.29 is 14.2 Å². The Bertz CT molecular complexity index is 781. The zero-order chi connectivity index (χ0) is 20.5. The summed E-state index contributed by atoms with van der Waals surface area (Å²) in [7, 11) is 5.12. The third-order valence-corrected chi connectivity index (χ3v) is 4.82. The van der Waals surface area contributed by atoms with E-state index in [0.717, 1.165) is 30.2 Å². The van der Waals surface area contributed by atoms with Crippen molar-refractivity contribution in [1.29, 1.82) is 0 Å². The second-order valence-corrected chi connectivity index (χ2v) is 6.99. The van der Waals surface area contributed by atoms with Crippen molar-refractivity contribution in [3.8, 4) is 11.5 Å². The molecule has 0 amide bonds. The van der Waals surface area contributed by atoms with Crippen LogP contribution in [0.4, 0.5) is 17.5 Å². The van der Waals surface area contributed by atoms with Crippen LogP contribution in [0.3, 0.4) is 0 Å². The van der Waals surface area contributed by atoms with E-state index < -0.39 is 0 Å². The van der Waals surface area contributed by atoms with Crippen LogP contribution in [0.5, 0.6) is 11.5 Å². The summed E-state index contributed by atoms with van der Waals surface area (Å²) in [6, 6.07) is 7.58. The summed E-state index contributed by atoms with van der Waals surface area (Å²) in [5.41, 5.74) is 1.62. The monoisotopic (exact) mass is 401 g/mol. The van der Waals surface area contributed by atoms with Crippen molar-refractivity contribution in [1.82, 2.24) is 14.9 Å². The van der Waals surface area contributed by atoms with Gasteiger partial charge in [-0.15, -0.1) is 0 Å². The van der Waals surface area contributed by atoms with E-state index >= 15 is 0 Å². The molecule has 1 aliphatic rings. The Morgan fingerprint density at radius 1 is 1.07 bits per heavy atom. The fraction of sp³-hybridized carbons (Fsp3) is 0.524. The molecule has 2 N–H and O–H groups in total. The number of anilines is 3. The molecule has 1 aliphatic heterocycles. The molecule has 29 heavy (non-hydrogen) atoms. The van der Waals surface area contributed by atoms with Gasteiger partial charge in [0.05, 0.1) is 26.0 Å². The first-order valence-corrected chi connectivity index (χ1v) is 10.1. The Morgan fingerprint density at radius 3 is 2.62 bits per heavy atom. The average Bonchev–Trinajstić information content (AvgIpc) is 3.25. The van der Waals surface area contributed by atoms with Gasteiger partial charge < -0.3 is 29.7 Å². The number of nitrogens with zero attached hydrogens (tertiary/aromatic N) is 3. The minimum absolute atomic E-state index is 0.417. The van der Waals surface area contributed by atoms with Crippen LogP contribution in [0.2, 0.25) is 0 Å². The number of ether oxygens (including phenoxy) is 3. The van der Waals surface area contributed by atoms with Crippen LogP contribution in [0.25, 0.3) is 0 Å². The summed E-state index contributed by atoms with van der Waals surface area (Å²) in [6.07, 6.45) is 3.62. The Labute approximate surface area is 172 Å². The summed E-state index contributed by atoms with van der Waals surface area (Å²) in [5.74, 6) is 2.64. The molecule has 0 saturated carbocycles. The van der Waals surface area contributed by atoms with Crippen molar-refractivity contribution in [2.75, 3.05) is 58.1 Å². The molecule has 3 rings (SSSR count). The number of methoxy groups -OCH3 is 2. The van der Waals surface area contributed by atoms with Gasteiger partial charge in [0.25, 0.3) is 0 Å². The molecule has 2 aromatic rings. The van der Waals surface area contributed by atoms with Crippen molar-refractivity contribution in [2.24, 2.45) is 0 Å². The highest BCUT2D eigenvalue weighted by molar-refractivity contribution is 5.60. The summed E-state index contributed by atoms with van der Waals surface area (Å²) in [4.78, 5) is 11.4. The fourth-order valence-corrected chi connectivity index (χ4v) is 3.38. The van der Waals surface area contributed by atoms with Crippen LogP contribution >= 0.6 is 0 Å². The molecule has 0 aliphatic carbocycles. The number of hydrogen-bond acceptors (Lipinski definition) is 8. The Morgan fingerprint density at radius 2 is 1.90 bits per heavy atom. The Balaban J connectivity index is 1.65. The molecule has 8 nitrogen and oxygen atoms in total. The van der Waals surface area contributed by atoms with Crippen LogP contribution in [0.15, 0.2) is 24.3 Å². The van der Waals surface area contributed by atoms with Gasteiger partial charge >= 0.3 is 0 Å². The van der Waals surface area contributed by atoms with E-state index in [0.29, 0.717) is 30.7 Å². The second kappa shape index (κ2) is 10.8. The molecular formula is C21H31N5O3. The lowest BCUT2D eigenvalue weighted by molar-refractivity contribution is 0.181. The minimum atomic E-state index is 0.417. The summed E-state index contributed by atoms with van der Waals surface area (Å²) < 4.78 is 16.6. The fourth-order valence-electron chi connectivity index (χ4n) is 3.38. The van der Waals surface area contributed by atoms with Gasteiger partial charge in [-0.05, 0) is 44.5 Å². The number of aromatic nitrogens is 2. The van der Waals surface area contributed by atoms with E-state index in [2.05, 4.69) is 25.5 Å². The highest BCUT2D eigenvalue weighted by atomic mass is 16.5. The largest absolute Gasteiger partial charge is 0.493 e. The topological polar surface area (TPSA) is 80.8 Å². The molecule has 1 aromatic carbocycles. The SMILES string of the molecule is CNc1cc(COC)nc(Nc2ccc(OC)c(OCCCN3CCCC3)c2)n1. The predicted molar refractivity (Wildman–Crippen MR) is 114 cm³/mol. The molecule has 0 bridgehead atoms. The summed E-state index contributed by atoms with van der Waals surface area (Å²) in [6.45, 7) is 4.56. The molecule has 0 unspecified atom stereocenters. The Hall–Kier alpha value is -2.58. The van der Waals surface area contributed by atoms with E-state index in [-0.39, 0.29) is 0 Å². The number of nitrogens with one attached hydrogen (secondary N) is 2. The molecule has 0 spiro atoms. The maximum Gasteiger partial charge on any atom is 0.229 e. The smallest absolute Gasteiger partial charge is 0.229 e. The third-order valence-electron chi connectivity index (χ3n) is 4.82. The van der Waals surface area contributed by atoms with Crippen LogP contribution in [0, 0.1) is 0 Å². The molecule has 1 saturated heterocycles. The standard InChI is InChI=1S/C21H31N5O3/c1-22-20-14-17(15-27-2)24-21(25-20)23-16-7-8-18(28-3)19(13-16)29-12-6-11-26-9-4-5-10-26/h7-8,13-14H,4-6,9-12,15H2,1-3H3,(H2,22,23,24,25). The zero-order valence-electron chi connectivity index (χ0n) is 17.5. The van der Waals surface area contributed by atoms with Crippen LogP contribution in [-0.2, 0) is 11.3 Å². The molecular weight excluding hydrogens is 370 g/mol. The molecule has 0 atom stereocenters. The second-order valence-electron chi connectivity index (χ2n) is 6.99. The van der Waals surface area contributed by atoms with E-state index in [1.165, 1.54) is 25.9 Å². The maximum atomic E-state index is 6.01. The zero-order valence-corrected chi connectivity index (χ0v) is 17.5. The number of hydrogen-bond donors (Lipinski definition) is 2. The molecule has 1 fully saturated rings. The summed E-state index contributed by atoms with van der Waals surface area (Å²) >= 11 is 0. The van der Waals surface area contributed by atoms with E-state index in [9.17, 15) is 0 Å². The van der Waals surface area contributed by atoms with Gasteiger partial charge in [-0.2, -0.15) is 4.98 Å². The van der Waals surface area contributed by atoms with Crippen LogP contribution < -0.4 is 20.1 Å². The maximum absolute atomic E-state index is 6.01. The first kappa shape index (κ1) is 21.1. The van der Waals surface area contributed by atoms with Crippen molar-refractivity contribution in [2.45, 2.75) is 25.9 Å². The van der Waals surface area contributed by atoms with E-state index in [4.69, 9.17) is 14.2 Å². The van der Waals surface area contributed by atoms with Crippen molar-refractivity contribution >= 4 is 17.5 Å². The quantitative estimate of drug-likeness (QED) is 0.555. The summed E-state index contributed by atoms with van der Waals surface area (Å²) in [5, 5.41) is 6.29. The van der Waals surface area contributed by atoms with Gasteiger partial charge in [-0.1, -0.05) is 0 Å². The van der Waals surface area contributed by atoms with Gasteiger partial charge in [0.2, 0.25) is 5.95 Å². The molecule has 1 aromatic heterocycles.